The average Bonchev–Trinajstić information content (AvgIpc) is 2.28. The maximum absolute atomic E-state index is 12.4. The SMILES string of the molecule is Nc1ccnc(N)c1-c1ccc(C(F)(F)F)cc1. The van der Waals surface area contributed by atoms with Crippen LogP contribution in [0.3, 0.4) is 0 Å². The number of hydrogen-bond donors (Lipinski definition) is 2. The molecule has 0 aliphatic heterocycles. The molecule has 18 heavy (non-hydrogen) atoms. The molecule has 94 valence electrons. The van der Waals surface area contributed by atoms with Crippen molar-refractivity contribution in [1.29, 1.82) is 0 Å². The lowest BCUT2D eigenvalue weighted by Crippen LogP contribution is -2.04. The maximum atomic E-state index is 12.4. The van der Waals surface area contributed by atoms with E-state index in [1.165, 1.54) is 18.3 Å². The van der Waals surface area contributed by atoms with Crippen LogP contribution in [-0.4, -0.2) is 4.98 Å². The monoisotopic (exact) mass is 253 g/mol. The minimum Gasteiger partial charge on any atom is -0.398 e. The molecule has 0 spiro atoms. The van der Waals surface area contributed by atoms with Gasteiger partial charge in [0, 0.05) is 17.4 Å². The minimum atomic E-state index is -4.36. The molecule has 1 heterocycles. The summed E-state index contributed by atoms with van der Waals surface area (Å²) in [7, 11) is 0. The molecule has 0 atom stereocenters. The quantitative estimate of drug-likeness (QED) is 0.821. The van der Waals surface area contributed by atoms with Gasteiger partial charge in [-0.05, 0) is 23.8 Å². The predicted octanol–water partition coefficient (Wildman–Crippen LogP) is 2.93. The molecule has 0 saturated carbocycles. The van der Waals surface area contributed by atoms with Gasteiger partial charge in [-0.25, -0.2) is 4.98 Å². The third-order valence-corrected chi connectivity index (χ3v) is 2.51. The first-order valence-electron chi connectivity index (χ1n) is 5.07. The highest BCUT2D eigenvalue weighted by Gasteiger charge is 2.30. The van der Waals surface area contributed by atoms with Gasteiger partial charge in [0.05, 0.1) is 5.56 Å². The molecule has 2 aromatic rings. The molecule has 0 amide bonds. The lowest BCUT2D eigenvalue weighted by Gasteiger charge is -2.10. The number of pyridine rings is 1. The van der Waals surface area contributed by atoms with E-state index in [0.29, 0.717) is 16.8 Å². The van der Waals surface area contributed by atoms with Gasteiger partial charge in [0.15, 0.2) is 0 Å². The molecule has 0 unspecified atom stereocenters. The number of aromatic nitrogens is 1. The van der Waals surface area contributed by atoms with Gasteiger partial charge < -0.3 is 11.5 Å². The molecule has 2 rings (SSSR count). The highest BCUT2D eigenvalue weighted by atomic mass is 19.4. The fraction of sp³-hybridized carbons (Fsp3) is 0.0833. The molecule has 0 saturated heterocycles. The van der Waals surface area contributed by atoms with Gasteiger partial charge in [-0.2, -0.15) is 13.2 Å². The zero-order valence-electron chi connectivity index (χ0n) is 9.20. The van der Waals surface area contributed by atoms with Crippen LogP contribution in [-0.2, 0) is 6.18 Å². The van der Waals surface area contributed by atoms with Crippen molar-refractivity contribution in [2.75, 3.05) is 11.5 Å². The molecular formula is C12H10F3N3. The standard InChI is InChI=1S/C12H10F3N3/c13-12(14,15)8-3-1-7(2-4-8)10-9(16)5-6-18-11(10)17/h1-6H,(H4,16,17,18). The van der Waals surface area contributed by atoms with E-state index < -0.39 is 11.7 Å². The predicted molar refractivity (Wildman–Crippen MR) is 63.5 cm³/mol. The smallest absolute Gasteiger partial charge is 0.398 e. The van der Waals surface area contributed by atoms with E-state index in [1.807, 2.05) is 0 Å². The largest absolute Gasteiger partial charge is 0.416 e. The van der Waals surface area contributed by atoms with Gasteiger partial charge in [0.25, 0.3) is 0 Å². The minimum absolute atomic E-state index is 0.190. The van der Waals surface area contributed by atoms with Crippen molar-refractivity contribution in [3.63, 3.8) is 0 Å². The first-order chi connectivity index (χ1) is 8.39. The fourth-order valence-electron chi connectivity index (χ4n) is 1.63. The topological polar surface area (TPSA) is 64.9 Å². The van der Waals surface area contributed by atoms with Gasteiger partial charge in [0.1, 0.15) is 5.82 Å². The average molecular weight is 253 g/mol. The Bertz CT molecular complexity index is 542. The number of rotatable bonds is 1. The van der Waals surface area contributed by atoms with E-state index in [0.717, 1.165) is 12.1 Å². The van der Waals surface area contributed by atoms with Crippen molar-refractivity contribution < 1.29 is 13.2 Å². The lowest BCUT2D eigenvalue weighted by atomic mass is 10.0. The van der Waals surface area contributed by atoms with Crippen molar-refractivity contribution >= 4 is 11.5 Å². The molecule has 4 N–H and O–H groups in total. The Labute approximate surface area is 101 Å². The van der Waals surface area contributed by atoms with E-state index >= 15 is 0 Å². The second kappa shape index (κ2) is 4.21. The third kappa shape index (κ3) is 2.22. The van der Waals surface area contributed by atoms with E-state index in [1.54, 1.807) is 6.07 Å². The Morgan fingerprint density at radius 2 is 1.56 bits per heavy atom. The molecule has 0 bridgehead atoms. The van der Waals surface area contributed by atoms with Crippen molar-refractivity contribution in [3.05, 3.63) is 42.1 Å². The number of nitrogens with zero attached hydrogens (tertiary/aromatic N) is 1. The van der Waals surface area contributed by atoms with Crippen molar-refractivity contribution in [1.82, 2.24) is 4.98 Å². The van der Waals surface area contributed by atoms with Gasteiger partial charge >= 0.3 is 6.18 Å². The second-order valence-corrected chi connectivity index (χ2v) is 3.74. The summed E-state index contributed by atoms with van der Waals surface area (Å²) in [4.78, 5) is 3.86. The highest BCUT2D eigenvalue weighted by Crippen LogP contribution is 2.34. The summed E-state index contributed by atoms with van der Waals surface area (Å²) in [6.45, 7) is 0. The summed E-state index contributed by atoms with van der Waals surface area (Å²) in [6, 6.07) is 6.17. The molecule has 1 aromatic heterocycles. The second-order valence-electron chi connectivity index (χ2n) is 3.74. The normalized spacial score (nSPS) is 11.5. The zero-order chi connectivity index (χ0) is 13.3. The van der Waals surface area contributed by atoms with Crippen molar-refractivity contribution in [2.24, 2.45) is 0 Å². The highest BCUT2D eigenvalue weighted by molar-refractivity contribution is 5.84. The molecule has 0 aliphatic carbocycles. The summed E-state index contributed by atoms with van der Waals surface area (Å²) < 4.78 is 37.3. The number of nitrogen functional groups attached to an aromatic ring is 2. The van der Waals surface area contributed by atoms with Crippen molar-refractivity contribution in [3.8, 4) is 11.1 Å². The van der Waals surface area contributed by atoms with Crippen molar-refractivity contribution in [2.45, 2.75) is 6.18 Å². The van der Waals surface area contributed by atoms with Crippen LogP contribution < -0.4 is 11.5 Å². The number of anilines is 2. The van der Waals surface area contributed by atoms with Crippen LogP contribution in [0.5, 0.6) is 0 Å². The van der Waals surface area contributed by atoms with Gasteiger partial charge in [-0.3, -0.25) is 0 Å². The lowest BCUT2D eigenvalue weighted by molar-refractivity contribution is -0.137. The van der Waals surface area contributed by atoms with Crippen LogP contribution >= 0.6 is 0 Å². The Morgan fingerprint density at radius 1 is 0.944 bits per heavy atom. The number of alkyl halides is 3. The molecule has 3 nitrogen and oxygen atoms in total. The van der Waals surface area contributed by atoms with Gasteiger partial charge in [0.2, 0.25) is 0 Å². The fourth-order valence-corrected chi connectivity index (χ4v) is 1.63. The summed E-state index contributed by atoms with van der Waals surface area (Å²) in [5, 5.41) is 0. The van der Waals surface area contributed by atoms with Crippen LogP contribution in [0, 0.1) is 0 Å². The molecular weight excluding hydrogens is 243 g/mol. The van der Waals surface area contributed by atoms with E-state index in [9.17, 15) is 13.2 Å². The van der Waals surface area contributed by atoms with E-state index in [-0.39, 0.29) is 5.82 Å². The molecule has 6 heteroatoms. The van der Waals surface area contributed by atoms with Crippen LogP contribution in [0.4, 0.5) is 24.7 Å². The third-order valence-electron chi connectivity index (χ3n) is 2.51. The van der Waals surface area contributed by atoms with E-state index in [2.05, 4.69) is 4.98 Å². The number of halogens is 3. The summed E-state index contributed by atoms with van der Waals surface area (Å²) in [5.41, 5.74) is 12.0. The van der Waals surface area contributed by atoms with Crippen LogP contribution in [0.2, 0.25) is 0 Å². The number of benzene rings is 1. The first-order valence-corrected chi connectivity index (χ1v) is 5.07. The number of nitrogens with two attached hydrogens (primary N) is 2. The van der Waals surface area contributed by atoms with Gasteiger partial charge in [-0.15, -0.1) is 0 Å². The summed E-state index contributed by atoms with van der Waals surface area (Å²) in [6.07, 6.45) is -2.91. The first kappa shape index (κ1) is 12.2. The Kier molecular flexibility index (Phi) is 2.86. The summed E-state index contributed by atoms with van der Waals surface area (Å²) in [5.74, 6) is 0.190. The van der Waals surface area contributed by atoms with E-state index in [4.69, 9.17) is 11.5 Å². The van der Waals surface area contributed by atoms with Crippen LogP contribution in [0.1, 0.15) is 5.56 Å². The zero-order valence-corrected chi connectivity index (χ0v) is 9.20. The molecule has 0 fully saturated rings. The Morgan fingerprint density at radius 3 is 2.06 bits per heavy atom. The Hall–Kier alpha value is -2.24. The Balaban J connectivity index is 2.47. The van der Waals surface area contributed by atoms with Crippen LogP contribution in [0.15, 0.2) is 36.5 Å². The summed E-state index contributed by atoms with van der Waals surface area (Å²) >= 11 is 0. The molecule has 0 radical (unpaired) electrons. The number of hydrogen-bond acceptors (Lipinski definition) is 3. The van der Waals surface area contributed by atoms with Crippen LogP contribution in [0.25, 0.3) is 11.1 Å². The molecule has 1 aromatic carbocycles. The molecule has 0 aliphatic rings. The maximum Gasteiger partial charge on any atom is 0.416 e. The van der Waals surface area contributed by atoms with Gasteiger partial charge in [-0.1, -0.05) is 12.1 Å².